The molecule has 0 aromatic heterocycles. The van der Waals surface area contributed by atoms with Gasteiger partial charge in [-0.3, -0.25) is 4.79 Å². The maximum Gasteiger partial charge on any atom is 0.330 e. The van der Waals surface area contributed by atoms with Crippen molar-refractivity contribution in [1.82, 2.24) is 5.32 Å². The molecule has 16 heavy (non-hydrogen) atoms. The molecule has 1 atom stereocenters. The van der Waals surface area contributed by atoms with Crippen LogP contribution in [0.25, 0.3) is 0 Å². The van der Waals surface area contributed by atoms with Crippen LogP contribution < -0.4 is 5.32 Å². The average molecular weight is 250 g/mol. The van der Waals surface area contributed by atoms with Gasteiger partial charge in [-0.05, 0) is 19.9 Å². The molecule has 1 saturated carbocycles. The topological polar surface area (TPSA) is 55.4 Å². The Morgan fingerprint density at radius 2 is 1.81 bits per heavy atom. The standard InChI is InChI=1S/C11H19NO3.ClH/c1-12-9(11(14)15-2)10(13)8-6-4-3-5-7-8;/h8-9,12H,3-7H2,1-2H3;1H. The molecule has 0 saturated heterocycles. The van der Waals surface area contributed by atoms with Gasteiger partial charge < -0.3 is 10.1 Å². The smallest absolute Gasteiger partial charge is 0.330 e. The van der Waals surface area contributed by atoms with Gasteiger partial charge in [0.2, 0.25) is 0 Å². The van der Waals surface area contributed by atoms with Crippen molar-refractivity contribution in [3.8, 4) is 0 Å². The number of carbonyl (C=O) groups excluding carboxylic acids is 2. The predicted octanol–water partition coefficient (Wildman–Crippen LogP) is 1.32. The van der Waals surface area contributed by atoms with E-state index in [0.717, 1.165) is 25.7 Å². The zero-order chi connectivity index (χ0) is 11.3. The second kappa shape index (κ2) is 7.63. The molecule has 0 aromatic carbocycles. The predicted molar refractivity (Wildman–Crippen MR) is 63.7 cm³/mol. The van der Waals surface area contributed by atoms with Crippen molar-refractivity contribution in [2.24, 2.45) is 5.92 Å². The van der Waals surface area contributed by atoms with E-state index in [-0.39, 0.29) is 24.1 Å². The molecular weight excluding hydrogens is 230 g/mol. The Hall–Kier alpha value is -0.610. The fourth-order valence-electron chi connectivity index (χ4n) is 2.12. The molecule has 0 bridgehead atoms. The molecule has 0 spiro atoms. The average Bonchev–Trinajstić information content (AvgIpc) is 2.30. The number of ether oxygens (including phenoxy) is 1. The fourth-order valence-corrected chi connectivity index (χ4v) is 2.12. The summed E-state index contributed by atoms with van der Waals surface area (Å²) in [6.07, 6.45) is 5.20. The number of halogens is 1. The third-order valence-electron chi connectivity index (χ3n) is 3.02. The summed E-state index contributed by atoms with van der Waals surface area (Å²) in [4.78, 5) is 23.3. The third kappa shape index (κ3) is 3.76. The molecule has 0 aliphatic heterocycles. The van der Waals surface area contributed by atoms with Crippen LogP contribution in [0, 0.1) is 5.92 Å². The number of ketones is 1. The highest BCUT2D eigenvalue weighted by Gasteiger charge is 2.32. The maximum atomic E-state index is 12.0. The highest BCUT2D eigenvalue weighted by Crippen LogP contribution is 2.25. The molecule has 1 aliphatic rings. The van der Waals surface area contributed by atoms with E-state index in [1.165, 1.54) is 13.5 Å². The van der Waals surface area contributed by atoms with Gasteiger partial charge in [0.25, 0.3) is 0 Å². The Morgan fingerprint density at radius 3 is 2.25 bits per heavy atom. The summed E-state index contributed by atoms with van der Waals surface area (Å²) in [7, 11) is 2.92. The normalized spacial score (nSPS) is 18.4. The van der Waals surface area contributed by atoms with Crippen LogP contribution in [0.15, 0.2) is 0 Å². The zero-order valence-corrected chi connectivity index (χ0v) is 10.6. The van der Waals surface area contributed by atoms with Crippen LogP contribution in [0.4, 0.5) is 0 Å². The van der Waals surface area contributed by atoms with Crippen molar-refractivity contribution in [2.45, 2.75) is 38.1 Å². The first-order valence-corrected chi connectivity index (χ1v) is 5.49. The van der Waals surface area contributed by atoms with Gasteiger partial charge in [0.15, 0.2) is 11.8 Å². The minimum absolute atomic E-state index is 0. The quantitative estimate of drug-likeness (QED) is 0.603. The lowest BCUT2D eigenvalue weighted by Gasteiger charge is -2.23. The number of likely N-dealkylation sites (N-methyl/N-ethyl adjacent to an activating group) is 1. The van der Waals surface area contributed by atoms with Crippen LogP contribution in [0.3, 0.4) is 0 Å². The highest BCUT2D eigenvalue weighted by molar-refractivity contribution is 6.04. The van der Waals surface area contributed by atoms with Crippen molar-refractivity contribution in [2.75, 3.05) is 14.2 Å². The van der Waals surface area contributed by atoms with Crippen molar-refractivity contribution in [3.63, 3.8) is 0 Å². The summed E-state index contributed by atoms with van der Waals surface area (Å²) in [5.41, 5.74) is 0. The van der Waals surface area contributed by atoms with Crippen molar-refractivity contribution >= 4 is 24.2 Å². The number of hydrogen-bond donors (Lipinski definition) is 1. The summed E-state index contributed by atoms with van der Waals surface area (Å²) >= 11 is 0. The first kappa shape index (κ1) is 15.4. The van der Waals surface area contributed by atoms with Crippen LogP contribution in [-0.2, 0) is 14.3 Å². The first-order valence-electron chi connectivity index (χ1n) is 5.49. The van der Waals surface area contributed by atoms with Crippen LogP contribution in [0.5, 0.6) is 0 Å². The van der Waals surface area contributed by atoms with Crippen LogP contribution in [0.2, 0.25) is 0 Å². The van der Waals surface area contributed by atoms with Gasteiger partial charge in [0.1, 0.15) is 0 Å². The van der Waals surface area contributed by atoms with Gasteiger partial charge in [-0.25, -0.2) is 4.79 Å². The zero-order valence-electron chi connectivity index (χ0n) is 9.82. The SMILES string of the molecule is CNC(C(=O)OC)C(=O)C1CCCCC1.Cl. The molecule has 1 rings (SSSR count). The Labute approximate surface area is 103 Å². The van der Waals surface area contributed by atoms with E-state index in [4.69, 9.17) is 0 Å². The van der Waals surface area contributed by atoms with Crippen LogP contribution in [-0.4, -0.2) is 32.0 Å². The van der Waals surface area contributed by atoms with E-state index < -0.39 is 12.0 Å². The molecule has 1 fully saturated rings. The molecule has 1 unspecified atom stereocenters. The lowest BCUT2D eigenvalue weighted by molar-refractivity contribution is -0.147. The molecule has 0 radical (unpaired) electrons. The van der Waals surface area contributed by atoms with Crippen LogP contribution in [0.1, 0.15) is 32.1 Å². The third-order valence-corrected chi connectivity index (χ3v) is 3.02. The van der Waals surface area contributed by atoms with E-state index in [2.05, 4.69) is 10.1 Å². The summed E-state index contributed by atoms with van der Waals surface area (Å²) in [6, 6.07) is -0.780. The van der Waals surface area contributed by atoms with Gasteiger partial charge in [-0.15, -0.1) is 12.4 Å². The second-order valence-electron chi connectivity index (χ2n) is 3.98. The Morgan fingerprint density at radius 1 is 1.25 bits per heavy atom. The largest absolute Gasteiger partial charge is 0.468 e. The van der Waals surface area contributed by atoms with Gasteiger partial charge in [0, 0.05) is 5.92 Å². The van der Waals surface area contributed by atoms with E-state index >= 15 is 0 Å². The summed E-state index contributed by atoms with van der Waals surface area (Å²) < 4.78 is 4.59. The Kier molecular flexibility index (Phi) is 7.34. The minimum atomic E-state index is -0.780. The molecule has 0 heterocycles. The summed E-state index contributed by atoms with van der Waals surface area (Å²) in [6.45, 7) is 0. The number of Topliss-reactive ketones (excluding diaryl/α,β-unsaturated/α-hetero) is 1. The Bertz CT molecular complexity index is 239. The molecule has 5 heteroatoms. The molecule has 4 nitrogen and oxygen atoms in total. The van der Waals surface area contributed by atoms with Crippen LogP contribution >= 0.6 is 12.4 Å². The summed E-state index contributed by atoms with van der Waals surface area (Å²) in [5.74, 6) is -0.451. The van der Waals surface area contributed by atoms with E-state index in [1.54, 1.807) is 7.05 Å². The number of carbonyl (C=O) groups is 2. The number of esters is 1. The van der Waals surface area contributed by atoms with Crippen molar-refractivity contribution in [1.29, 1.82) is 0 Å². The maximum absolute atomic E-state index is 12.0. The number of hydrogen-bond acceptors (Lipinski definition) is 4. The summed E-state index contributed by atoms with van der Waals surface area (Å²) in [5, 5.41) is 2.73. The molecule has 94 valence electrons. The number of nitrogens with one attached hydrogen (secondary N) is 1. The number of rotatable bonds is 4. The van der Waals surface area contributed by atoms with Crippen molar-refractivity contribution in [3.05, 3.63) is 0 Å². The fraction of sp³-hybridized carbons (Fsp3) is 0.818. The second-order valence-corrected chi connectivity index (χ2v) is 3.98. The molecule has 1 N–H and O–H groups in total. The van der Waals surface area contributed by atoms with Gasteiger partial charge >= 0.3 is 5.97 Å². The lowest BCUT2D eigenvalue weighted by atomic mass is 9.84. The van der Waals surface area contributed by atoms with Gasteiger partial charge in [-0.2, -0.15) is 0 Å². The monoisotopic (exact) mass is 249 g/mol. The minimum Gasteiger partial charge on any atom is -0.468 e. The van der Waals surface area contributed by atoms with Crippen molar-refractivity contribution < 1.29 is 14.3 Å². The van der Waals surface area contributed by atoms with E-state index in [1.807, 2.05) is 0 Å². The molecule has 0 amide bonds. The first-order chi connectivity index (χ1) is 7.20. The van der Waals surface area contributed by atoms with Gasteiger partial charge in [-0.1, -0.05) is 19.3 Å². The number of methoxy groups -OCH3 is 1. The highest BCUT2D eigenvalue weighted by atomic mass is 35.5. The van der Waals surface area contributed by atoms with E-state index in [0.29, 0.717) is 0 Å². The lowest BCUT2D eigenvalue weighted by Crippen LogP contribution is -2.45. The molecule has 0 aromatic rings. The Balaban J connectivity index is 0.00000225. The molecular formula is C11H20ClNO3. The van der Waals surface area contributed by atoms with E-state index in [9.17, 15) is 9.59 Å². The van der Waals surface area contributed by atoms with Gasteiger partial charge in [0.05, 0.1) is 7.11 Å². The molecule has 1 aliphatic carbocycles.